The summed E-state index contributed by atoms with van der Waals surface area (Å²) >= 11 is 6.24. The summed E-state index contributed by atoms with van der Waals surface area (Å²) in [6, 6.07) is 3.63. The maximum absolute atomic E-state index is 12.3. The third-order valence-electron chi connectivity index (χ3n) is 6.50. The highest BCUT2D eigenvalue weighted by atomic mass is 35.5. The summed E-state index contributed by atoms with van der Waals surface area (Å²) in [5.74, 6) is 0.121. The van der Waals surface area contributed by atoms with Crippen molar-refractivity contribution in [3.63, 3.8) is 0 Å². The van der Waals surface area contributed by atoms with Gasteiger partial charge in [-0.25, -0.2) is 0 Å². The van der Waals surface area contributed by atoms with E-state index in [-0.39, 0.29) is 11.8 Å². The number of aromatic amines is 1. The summed E-state index contributed by atoms with van der Waals surface area (Å²) in [6.07, 6.45) is 3.75. The fourth-order valence-corrected chi connectivity index (χ4v) is 4.58. The predicted octanol–water partition coefficient (Wildman–Crippen LogP) is 3.04. The van der Waals surface area contributed by atoms with Crippen molar-refractivity contribution >= 4 is 28.4 Å². The molecule has 6 nitrogen and oxygen atoms in total. The zero-order valence-electron chi connectivity index (χ0n) is 15.7. The number of benzene rings is 1. The lowest BCUT2D eigenvalue weighted by molar-refractivity contribution is -0.145. The second kappa shape index (κ2) is 6.47. The molecule has 4 rings (SSSR count). The summed E-state index contributed by atoms with van der Waals surface area (Å²) in [7, 11) is 0. The maximum atomic E-state index is 12.3. The quantitative estimate of drug-likeness (QED) is 0.747. The normalized spacial score (nSPS) is 21.4. The first-order valence-electron chi connectivity index (χ1n) is 9.55. The van der Waals surface area contributed by atoms with Crippen molar-refractivity contribution in [2.24, 2.45) is 11.3 Å². The van der Waals surface area contributed by atoms with Crippen molar-refractivity contribution in [1.29, 1.82) is 0 Å². The minimum atomic E-state index is -1.10. The van der Waals surface area contributed by atoms with Crippen LogP contribution in [0.4, 0.5) is 0 Å². The number of carbonyl (C=O) groups is 1. The molecule has 2 aromatic rings. The number of nitrogens with one attached hydrogen (secondary N) is 1. The summed E-state index contributed by atoms with van der Waals surface area (Å²) in [6.45, 7) is 5.38. The van der Waals surface area contributed by atoms with Crippen molar-refractivity contribution in [3.8, 4) is 0 Å². The third-order valence-corrected chi connectivity index (χ3v) is 6.72. The molecule has 2 fully saturated rings. The number of aliphatic hydroxyl groups excluding tert-OH is 1. The van der Waals surface area contributed by atoms with Crippen LogP contribution in [0.2, 0.25) is 5.02 Å². The molecule has 1 saturated heterocycles. The Morgan fingerprint density at radius 3 is 2.67 bits per heavy atom. The molecule has 1 saturated carbocycles. The van der Waals surface area contributed by atoms with Gasteiger partial charge in [-0.2, -0.15) is 5.10 Å². The van der Waals surface area contributed by atoms with Crippen molar-refractivity contribution in [2.45, 2.75) is 51.2 Å². The molecule has 146 valence electrons. The molecule has 0 radical (unpaired) electrons. The van der Waals surface area contributed by atoms with E-state index >= 15 is 0 Å². The first-order valence-corrected chi connectivity index (χ1v) is 9.92. The minimum absolute atomic E-state index is 0.131. The topological polar surface area (TPSA) is 89.5 Å². The largest absolute Gasteiger partial charge is 0.388 e. The Bertz CT molecular complexity index is 866. The number of amides is 1. The standard InChI is InChI=1S/C20H26ClN3O3/c1-19(2,13-3-7-24(8-4-13)18(26)20(27)5-6-20)17(25)15-10-14(21)9-12-11-22-23-16(12)15/h9-11,13,17,25,27H,3-8H2,1-2H3,(H,22,23)/t17-/m1/s1. The van der Waals surface area contributed by atoms with Crippen molar-refractivity contribution < 1.29 is 15.0 Å². The van der Waals surface area contributed by atoms with Gasteiger partial charge in [0.15, 0.2) is 0 Å². The zero-order chi connectivity index (χ0) is 19.4. The van der Waals surface area contributed by atoms with Gasteiger partial charge in [0.25, 0.3) is 5.91 Å². The second-order valence-corrected chi connectivity index (χ2v) is 9.09. The molecule has 1 aromatic heterocycles. The molecule has 1 aliphatic heterocycles. The average Bonchev–Trinajstić information content (AvgIpc) is 3.23. The molecule has 0 bridgehead atoms. The van der Waals surface area contributed by atoms with Crippen molar-refractivity contribution in [3.05, 3.63) is 28.9 Å². The number of carbonyl (C=O) groups excluding carboxylic acids is 1. The van der Waals surface area contributed by atoms with Gasteiger partial charge in [0.1, 0.15) is 5.60 Å². The van der Waals surface area contributed by atoms with Gasteiger partial charge < -0.3 is 15.1 Å². The molecule has 1 aliphatic carbocycles. The van der Waals surface area contributed by atoms with Crippen LogP contribution in [0.3, 0.4) is 0 Å². The summed E-state index contributed by atoms with van der Waals surface area (Å²) in [5.41, 5.74) is 0.0674. The van der Waals surface area contributed by atoms with E-state index in [9.17, 15) is 15.0 Å². The Hall–Kier alpha value is -1.63. The molecule has 0 spiro atoms. The highest BCUT2D eigenvalue weighted by molar-refractivity contribution is 6.31. The Morgan fingerprint density at radius 1 is 1.37 bits per heavy atom. The summed E-state index contributed by atoms with van der Waals surface area (Å²) < 4.78 is 0. The summed E-state index contributed by atoms with van der Waals surface area (Å²) in [4.78, 5) is 14.1. The van der Waals surface area contributed by atoms with Crippen LogP contribution in [0, 0.1) is 11.3 Å². The predicted molar refractivity (Wildman–Crippen MR) is 103 cm³/mol. The maximum Gasteiger partial charge on any atom is 0.254 e. The van der Waals surface area contributed by atoms with E-state index in [2.05, 4.69) is 24.0 Å². The molecule has 7 heteroatoms. The fraction of sp³-hybridized carbons (Fsp3) is 0.600. The van der Waals surface area contributed by atoms with Crippen LogP contribution in [0.5, 0.6) is 0 Å². The number of halogens is 1. The third kappa shape index (κ3) is 3.24. The van der Waals surface area contributed by atoms with Crippen molar-refractivity contribution in [2.75, 3.05) is 13.1 Å². The molecule has 1 atom stereocenters. The average molecular weight is 392 g/mol. The second-order valence-electron chi connectivity index (χ2n) is 8.65. The van der Waals surface area contributed by atoms with Crippen LogP contribution in [-0.4, -0.2) is 49.9 Å². The molecule has 2 aliphatic rings. The Balaban J connectivity index is 1.51. The highest BCUT2D eigenvalue weighted by Crippen LogP contribution is 2.47. The van der Waals surface area contributed by atoms with Crippen LogP contribution in [0.15, 0.2) is 18.3 Å². The molecular formula is C20H26ClN3O3. The van der Waals surface area contributed by atoms with Gasteiger partial charge in [-0.1, -0.05) is 25.4 Å². The number of piperidine rings is 1. The number of hydrogen-bond donors (Lipinski definition) is 3. The number of H-pyrrole nitrogens is 1. The number of fused-ring (bicyclic) bond motifs is 1. The Morgan fingerprint density at radius 2 is 2.04 bits per heavy atom. The molecule has 0 unspecified atom stereocenters. The zero-order valence-corrected chi connectivity index (χ0v) is 16.5. The molecular weight excluding hydrogens is 366 g/mol. The highest BCUT2D eigenvalue weighted by Gasteiger charge is 2.51. The van der Waals surface area contributed by atoms with Gasteiger partial charge in [0.05, 0.1) is 17.8 Å². The van der Waals surface area contributed by atoms with Crippen LogP contribution in [0.1, 0.15) is 51.2 Å². The van der Waals surface area contributed by atoms with Gasteiger partial charge >= 0.3 is 0 Å². The first-order chi connectivity index (χ1) is 12.7. The smallest absolute Gasteiger partial charge is 0.254 e. The van der Waals surface area contributed by atoms with E-state index in [0.29, 0.717) is 31.0 Å². The van der Waals surface area contributed by atoms with E-state index in [0.717, 1.165) is 29.3 Å². The van der Waals surface area contributed by atoms with Crippen LogP contribution >= 0.6 is 11.6 Å². The number of likely N-dealkylation sites (tertiary alicyclic amines) is 1. The Labute approximate surface area is 163 Å². The van der Waals surface area contributed by atoms with E-state index in [1.807, 2.05) is 6.07 Å². The Kier molecular flexibility index (Phi) is 4.48. The lowest BCUT2D eigenvalue weighted by Gasteiger charge is -2.43. The van der Waals surface area contributed by atoms with Gasteiger partial charge in [0.2, 0.25) is 0 Å². The van der Waals surface area contributed by atoms with Crippen LogP contribution in [0.25, 0.3) is 10.9 Å². The van der Waals surface area contributed by atoms with E-state index in [1.165, 1.54) is 0 Å². The molecule has 1 aromatic carbocycles. The molecule has 2 heterocycles. The monoisotopic (exact) mass is 391 g/mol. The van der Waals surface area contributed by atoms with E-state index in [4.69, 9.17) is 11.6 Å². The number of aliphatic hydroxyl groups is 2. The number of hydrogen-bond acceptors (Lipinski definition) is 4. The molecule has 3 N–H and O–H groups in total. The van der Waals surface area contributed by atoms with Gasteiger partial charge in [-0.05, 0) is 49.1 Å². The number of nitrogens with zero attached hydrogens (tertiary/aromatic N) is 2. The molecule has 1 amide bonds. The van der Waals surface area contributed by atoms with Gasteiger partial charge in [-0.15, -0.1) is 0 Å². The minimum Gasteiger partial charge on any atom is -0.388 e. The van der Waals surface area contributed by atoms with E-state index in [1.54, 1.807) is 17.2 Å². The molecule has 27 heavy (non-hydrogen) atoms. The van der Waals surface area contributed by atoms with Crippen molar-refractivity contribution in [1.82, 2.24) is 15.1 Å². The van der Waals surface area contributed by atoms with Gasteiger partial charge in [0, 0.05) is 29.1 Å². The lowest BCUT2D eigenvalue weighted by atomic mass is 9.68. The SMILES string of the molecule is CC(C)(C1CCN(C(=O)C2(O)CC2)CC1)[C@H](O)c1cc(Cl)cc2cn[nH]c12. The number of rotatable bonds is 4. The van der Waals surface area contributed by atoms with Crippen LogP contribution in [-0.2, 0) is 4.79 Å². The first kappa shape index (κ1) is 18.7. The lowest BCUT2D eigenvalue weighted by Crippen LogP contribution is -2.47. The van der Waals surface area contributed by atoms with Gasteiger partial charge in [-0.3, -0.25) is 9.89 Å². The fourth-order valence-electron chi connectivity index (χ4n) is 4.34. The van der Waals surface area contributed by atoms with Crippen LogP contribution < -0.4 is 0 Å². The van der Waals surface area contributed by atoms with E-state index < -0.39 is 17.1 Å². The number of aromatic nitrogens is 2. The summed E-state index contributed by atoms with van der Waals surface area (Å²) in [5, 5.41) is 29.8.